The van der Waals surface area contributed by atoms with Gasteiger partial charge >= 0.3 is 0 Å². The predicted octanol–water partition coefficient (Wildman–Crippen LogP) is 3.84. The van der Waals surface area contributed by atoms with Gasteiger partial charge in [-0.25, -0.2) is 0 Å². The topological polar surface area (TPSA) is 16.1 Å². The summed E-state index contributed by atoms with van der Waals surface area (Å²) in [5.74, 6) is 0.545. The highest BCUT2D eigenvalue weighted by Crippen LogP contribution is 2.32. The van der Waals surface area contributed by atoms with Crippen LogP contribution in [0.15, 0.2) is 18.5 Å². The molecule has 0 amide bonds. The molecule has 94 valence electrons. The van der Waals surface area contributed by atoms with Crippen molar-refractivity contribution in [2.75, 3.05) is 18.0 Å². The van der Waals surface area contributed by atoms with Crippen LogP contribution in [-0.2, 0) is 5.88 Å². The Labute approximate surface area is 109 Å². The van der Waals surface area contributed by atoms with Crippen molar-refractivity contribution >= 4 is 17.3 Å². The Balaban J connectivity index is 2.17. The van der Waals surface area contributed by atoms with Crippen LogP contribution in [0.1, 0.15) is 38.7 Å². The number of aromatic nitrogens is 1. The van der Waals surface area contributed by atoms with Crippen LogP contribution >= 0.6 is 11.6 Å². The van der Waals surface area contributed by atoms with Crippen molar-refractivity contribution in [2.45, 2.75) is 39.0 Å². The highest BCUT2D eigenvalue weighted by Gasteiger charge is 2.23. The third-order valence-electron chi connectivity index (χ3n) is 3.70. The van der Waals surface area contributed by atoms with Gasteiger partial charge in [-0.05, 0) is 30.7 Å². The summed E-state index contributed by atoms with van der Waals surface area (Å²) in [6.07, 6.45) is 7.57. The van der Waals surface area contributed by atoms with E-state index < -0.39 is 0 Å². The molecule has 1 aliphatic rings. The second kappa shape index (κ2) is 5.26. The molecule has 0 saturated carbocycles. The van der Waals surface area contributed by atoms with Crippen molar-refractivity contribution in [1.29, 1.82) is 0 Å². The summed E-state index contributed by atoms with van der Waals surface area (Å²) in [5, 5.41) is 0. The van der Waals surface area contributed by atoms with E-state index >= 15 is 0 Å². The van der Waals surface area contributed by atoms with E-state index in [1.54, 1.807) is 0 Å². The Morgan fingerprint density at radius 1 is 1.35 bits per heavy atom. The van der Waals surface area contributed by atoms with Gasteiger partial charge in [-0.1, -0.05) is 13.8 Å². The van der Waals surface area contributed by atoms with Gasteiger partial charge in [0.15, 0.2) is 0 Å². The van der Waals surface area contributed by atoms with Crippen LogP contribution in [-0.4, -0.2) is 18.1 Å². The lowest BCUT2D eigenvalue weighted by atomic mass is 9.85. The first kappa shape index (κ1) is 12.7. The zero-order valence-electron chi connectivity index (χ0n) is 10.7. The average molecular weight is 253 g/mol. The van der Waals surface area contributed by atoms with Crippen LogP contribution in [0, 0.1) is 5.41 Å². The number of hydrogen-bond acceptors (Lipinski definition) is 2. The van der Waals surface area contributed by atoms with E-state index in [0.717, 1.165) is 18.7 Å². The maximum atomic E-state index is 5.98. The first-order chi connectivity index (χ1) is 8.12. The van der Waals surface area contributed by atoms with E-state index in [1.807, 2.05) is 12.4 Å². The van der Waals surface area contributed by atoms with Gasteiger partial charge in [-0.3, -0.25) is 4.98 Å². The fraction of sp³-hybridized carbons (Fsp3) is 0.643. The standard InChI is InChI=1S/C14H21ClN2/c1-14(2)5-3-8-17(9-6-14)13-4-7-16-11-12(13)10-15/h4,7,11H,3,5-6,8-10H2,1-2H3. The minimum absolute atomic E-state index is 0.475. The minimum atomic E-state index is 0.475. The molecule has 0 bridgehead atoms. The lowest BCUT2D eigenvalue weighted by Gasteiger charge is -2.26. The fourth-order valence-corrected chi connectivity index (χ4v) is 2.70. The second-order valence-electron chi connectivity index (χ2n) is 5.64. The number of hydrogen-bond donors (Lipinski definition) is 0. The monoisotopic (exact) mass is 252 g/mol. The van der Waals surface area contributed by atoms with Crippen LogP contribution in [0.5, 0.6) is 0 Å². The Morgan fingerprint density at radius 2 is 2.18 bits per heavy atom. The zero-order valence-corrected chi connectivity index (χ0v) is 11.5. The molecule has 2 rings (SSSR count). The van der Waals surface area contributed by atoms with Gasteiger partial charge in [-0.15, -0.1) is 11.6 Å². The van der Waals surface area contributed by atoms with Crippen LogP contribution in [0.3, 0.4) is 0 Å². The molecular weight excluding hydrogens is 232 g/mol. The average Bonchev–Trinajstić information content (AvgIpc) is 2.50. The molecule has 0 N–H and O–H groups in total. The highest BCUT2D eigenvalue weighted by molar-refractivity contribution is 6.17. The molecule has 0 aliphatic carbocycles. The lowest BCUT2D eigenvalue weighted by Crippen LogP contribution is -2.26. The lowest BCUT2D eigenvalue weighted by molar-refractivity contribution is 0.325. The number of anilines is 1. The SMILES string of the molecule is CC1(C)CCCN(c2ccncc2CCl)CC1. The molecule has 2 nitrogen and oxygen atoms in total. The summed E-state index contributed by atoms with van der Waals surface area (Å²) in [5.41, 5.74) is 2.89. The molecule has 0 spiro atoms. The van der Waals surface area contributed by atoms with Crippen molar-refractivity contribution < 1.29 is 0 Å². The van der Waals surface area contributed by atoms with Gasteiger partial charge in [-0.2, -0.15) is 0 Å². The Bertz CT molecular complexity index is 376. The summed E-state index contributed by atoms with van der Waals surface area (Å²) in [4.78, 5) is 6.62. The maximum absolute atomic E-state index is 5.98. The molecule has 0 atom stereocenters. The normalized spacial score (nSPS) is 20.1. The maximum Gasteiger partial charge on any atom is 0.0509 e. The number of halogens is 1. The smallest absolute Gasteiger partial charge is 0.0509 e. The molecule has 1 fully saturated rings. The van der Waals surface area contributed by atoms with Crippen molar-refractivity contribution in [3.8, 4) is 0 Å². The van der Waals surface area contributed by atoms with Crippen LogP contribution in [0.25, 0.3) is 0 Å². The molecule has 0 radical (unpaired) electrons. The van der Waals surface area contributed by atoms with Crippen molar-refractivity contribution in [3.05, 3.63) is 24.0 Å². The van der Waals surface area contributed by atoms with E-state index in [2.05, 4.69) is 29.8 Å². The summed E-state index contributed by atoms with van der Waals surface area (Å²) >= 11 is 5.98. The Kier molecular flexibility index (Phi) is 3.93. The minimum Gasteiger partial charge on any atom is -0.371 e. The van der Waals surface area contributed by atoms with E-state index in [9.17, 15) is 0 Å². The van der Waals surface area contributed by atoms with Gasteiger partial charge in [0.05, 0.1) is 5.88 Å². The molecule has 17 heavy (non-hydrogen) atoms. The van der Waals surface area contributed by atoms with Gasteiger partial charge in [0.2, 0.25) is 0 Å². The summed E-state index contributed by atoms with van der Waals surface area (Å²) in [6.45, 7) is 7.00. The number of nitrogens with zero attached hydrogens (tertiary/aromatic N) is 2. The first-order valence-corrected chi connectivity index (χ1v) is 6.90. The highest BCUT2D eigenvalue weighted by atomic mass is 35.5. The second-order valence-corrected chi connectivity index (χ2v) is 5.91. The van der Waals surface area contributed by atoms with Crippen molar-refractivity contribution in [2.24, 2.45) is 5.41 Å². The number of alkyl halides is 1. The molecule has 0 aromatic carbocycles. The van der Waals surface area contributed by atoms with Gasteiger partial charge in [0.25, 0.3) is 0 Å². The van der Waals surface area contributed by atoms with E-state index in [4.69, 9.17) is 11.6 Å². The molecule has 0 unspecified atom stereocenters. The molecule has 2 heterocycles. The summed E-state index contributed by atoms with van der Waals surface area (Å²) < 4.78 is 0. The fourth-order valence-electron chi connectivity index (χ4n) is 2.50. The molecule has 1 aromatic rings. The van der Waals surface area contributed by atoms with E-state index in [-0.39, 0.29) is 0 Å². The quantitative estimate of drug-likeness (QED) is 0.744. The van der Waals surface area contributed by atoms with Gasteiger partial charge in [0.1, 0.15) is 0 Å². The van der Waals surface area contributed by atoms with Crippen molar-refractivity contribution in [1.82, 2.24) is 4.98 Å². The van der Waals surface area contributed by atoms with Crippen molar-refractivity contribution in [3.63, 3.8) is 0 Å². The third kappa shape index (κ3) is 3.12. The van der Waals surface area contributed by atoms with Gasteiger partial charge < -0.3 is 4.90 Å². The molecular formula is C14H21ClN2. The molecule has 1 aliphatic heterocycles. The number of rotatable bonds is 2. The van der Waals surface area contributed by atoms with Crippen LogP contribution in [0.4, 0.5) is 5.69 Å². The molecule has 1 aromatic heterocycles. The third-order valence-corrected chi connectivity index (χ3v) is 3.99. The van der Waals surface area contributed by atoms with Crippen LogP contribution < -0.4 is 4.90 Å². The Morgan fingerprint density at radius 3 is 2.94 bits per heavy atom. The first-order valence-electron chi connectivity index (χ1n) is 6.36. The van der Waals surface area contributed by atoms with E-state index in [0.29, 0.717) is 11.3 Å². The molecule has 3 heteroatoms. The summed E-state index contributed by atoms with van der Waals surface area (Å²) in [7, 11) is 0. The summed E-state index contributed by atoms with van der Waals surface area (Å²) in [6, 6.07) is 2.09. The Hall–Kier alpha value is -0.760. The van der Waals surface area contributed by atoms with Gasteiger partial charge in [0, 0.05) is 36.7 Å². The van der Waals surface area contributed by atoms with Crippen LogP contribution in [0.2, 0.25) is 0 Å². The zero-order chi connectivity index (χ0) is 12.3. The van der Waals surface area contributed by atoms with E-state index in [1.165, 1.54) is 24.9 Å². The molecule has 1 saturated heterocycles. The number of pyridine rings is 1. The predicted molar refractivity (Wildman–Crippen MR) is 73.6 cm³/mol. The largest absolute Gasteiger partial charge is 0.371 e.